The van der Waals surface area contributed by atoms with Crippen molar-refractivity contribution in [1.29, 1.82) is 0 Å². The highest BCUT2D eigenvalue weighted by Crippen LogP contribution is 2.39. The maximum atomic E-state index is 5.97. The van der Waals surface area contributed by atoms with Gasteiger partial charge >= 0.3 is 0 Å². The molecular weight excluding hydrogens is 266 g/mol. The van der Waals surface area contributed by atoms with Gasteiger partial charge in [0.2, 0.25) is 0 Å². The van der Waals surface area contributed by atoms with Gasteiger partial charge in [-0.25, -0.2) is 0 Å². The van der Waals surface area contributed by atoms with Gasteiger partial charge in [0.1, 0.15) is 0 Å². The molecule has 1 aromatic rings. The van der Waals surface area contributed by atoms with E-state index in [0.717, 1.165) is 0 Å². The Kier molecular flexibility index (Phi) is 4.31. The van der Waals surface area contributed by atoms with Gasteiger partial charge in [0, 0.05) is 6.04 Å². The molecule has 1 aromatic carbocycles. The van der Waals surface area contributed by atoms with Crippen LogP contribution in [0.25, 0.3) is 0 Å². The van der Waals surface area contributed by atoms with Crippen LogP contribution in [0.4, 0.5) is 0 Å². The highest BCUT2D eigenvalue weighted by Gasteiger charge is 2.16. The molecule has 0 bridgehead atoms. The zero-order chi connectivity index (χ0) is 10.9. The zero-order valence-corrected chi connectivity index (χ0v) is 10.3. The van der Waals surface area contributed by atoms with Crippen LogP contribution in [0.2, 0.25) is 20.1 Å². The molecule has 0 radical (unpaired) electrons. The van der Waals surface area contributed by atoms with E-state index < -0.39 is 0 Å². The monoisotopic (exact) mass is 272 g/mol. The maximum absolute atomic E-state index is 5.97. The lowest BCUT2D eigenvalue weighted by Gasteiger charge is -2.14. The van der Waals surface area contributed by atoms with E-state index in [2.05, 4.69) is 5.43 Å². The number of nitrogens with one attached hydrogen (secondary N) is 1. The van der Waals surface area contributed by atoms with Crippen molar-refractivity contribution in [3.63, 3.8) is 0 Å². The molecule has 78 valence electrons. The average molecular weight is 274 g/mol. The molecule has 14 heavy (non-hydrogen) atoms. The van der Waals surface area contributed by atoms with Gasteiger partial charge in [0.25, 0.3) is 0 Å². The smallest absolute Gasteiger partial charge is 0.0797 e. The Labute approximate surface area is 102 Å². The number of hydrogen-bond acceptors (Lipinski definition) is 2. The van der Waals surface area contributed by atoms with Gasteiger partial charge < -0.3 is 0 Å². The molecule has 2 nitrogen and oxygen atoms in total. The van der Waals surface area contributed by atoms with E-state index in [1.165, 1.54) is 0 Å². The third-order valence-corrected chi connectivity index (χ3v) is 3.61. The lowest BCUT2D eigenvalue weighted by Crippen LogP contribution is -2.25. The SMILES string of the molecule is CC(NN)c1cc(Cl)c(Cl)c(Cl)c1Cl. The van der Waals surface area contributed by atoms with Crippen LogP contribution in [0.3, 0.4) is 0 Å². The average Bonchev–Trinajstić information content (AvgIpc) is 2.19. The molecule has 1 unspecified atom stereocenters. The van der Waals surface area contributed by atoms with E-state index in [1.54, 1.807) is 6.07 Å². The highest BCUT2D eigenvalue weighted by atomic mass is 35.5. The Morgan fingerprint density at radius 3 is 2.21 bits per heavy atom. The number of rotatable bonds is 2. The molecule has 6 heteroatoms. The summed E-state index contributed by atoms with van der Waals surface area (Å²) in [5.74, 6) is 5.28. The van der Waals surface area contributed by atoms with Gasteiger partial charge in [-0.3, -0.25) is 11.3 Å². The third kappa shape index (κ3) is 2.27. The number of hydrogen-bond donors (Lipinski definition) is 2. The second-order valence-corrected chi connectivity index (χ2v) is 4.32. The van der Waals surface area contributed by atoms with Crippen LogP contribution >= 0.6 is 46.4 Å². The first-order valence-corrected chi connectivity index (χ1v) is 5.29. The fourth-order valence-electron chi connectivity index (χ4n) is 0.996. The molecule has 0 saturated carbocycles. The molecule has 1 atom stereocenters. The minimum absolute atomic E-state index is 0.144. The maximum Gasteiger partial charge on any atom is 0.0797 e. The lowest BCUT2D eigenvalue weighted by molar-refractivity contribution is 0.603. The molecule has 0 aromatic heterocycles. The Hall–Kier alpha value is 0.300. The lowest BCUT2D eigenvalue weighted by atomic mass is 10.1. The third-order valence-electron chi connectivity index (χ3n) is 1.85. The van der Waals surface area contributed by atoms with E-state index in [4.69, 9.17) is 52.2 Å². The minimum Gasteiger partial charge on any atom is -0.271 e. The van der Waals surface area contributed by atoms with Gasteiger partial charge in [-0.2, -0.15) is 0 Å². The van der Waals surface area contributed by atoms with Gasteiger partial charge in [-0.05, 0) is 18.6 Å². The first-order valence-electron chi connectivity index (χ1n) is 3.78. The highest BCUT2D eigenvalue weighted by molar-refractivity contribution is 6.52. The second-order valence-electron chi connectivity index (χ2n) is 2.78. The molecule has 0 aliphatic carbocycles. The van der Waals surface area contributed by atoms with Gasteiger partial charge in [-0.15, -0.1) is 0 Å². The van der Waals surface area contributed by atoms with Crippen LogP contribution in [0, 0.1) is 0 Å². The van der Waals surface area contributed by atoms with Crippen LogP contribution in [-0.4, -0.2) is 0 Å². The summed E-state index contributed by atoms with van der Waals surface area (Å²) < 4.78 is 0. The van der Waals surface area contributed by atoms with Crippen molar-refractivity contribution in [3.05, 3.63) is 31.7 Å². The van der Waals surface area contributed by atoms with Crippen molar-refractivity contribution in [2.45, 2.75) is 13.0 Å². The molecule has 0 aliphatic rings. The van der Waals surface area contributed by atoms with Gasteiger partial charge in [0.05, 0.1) is 20.1 Å². The number of halogens is 4. The van der Waals surface area contributed by atoms with Crippen molar-refractivity contribution in [2.75, 3.05) is 0 Å². The summed E-state index contributed by atoms with van der Waals surface area (Å²) in [7, 11) is 0. The van der Waals surface area contributed by atoms with Crippen molar-refractivity contribution >= 4 is 46.4 Å². The molecule has 0 aliphatic heterocycles. The fraction of sp³-hybridized carbons (Fsp3) is 0.250. The normalized spacial score (nSPS) is 13.0. The Morgan fingerprint density at radius 1 is 1.14 bits per heavy atom. The number of nitrogens with two attached hydrogens (primary N) is 1. The fourth-order valence-corrected chi connectivity index (χ4v) is 1.98. The van der Waals surface area contributed by atoms with Crippen molar-refractivity contribution in [1.82, 2.24) is 5.43 Å². The summed E-state index contributed by atoms with van der Waals surface area (Å²) >= 11 is 23.5. The summed E-state index contributed by atoms with van der Waals surface area (Å²) in [6, 6.07) is 1.50. The van der Waals surface area contributed by atoms with E-state index in [-0.39, 0.29) is 16.1 Å². The molecule has 0 heterocycles. The molecule has 0 amide bonds. The predicted octanol–water partition coefficient (Wildman–Crippen LogP) is 3.82. The van der Waals surface area contributed by atoms with E-state index in [1.807, 2.05) is 6.92 Å². The zero-order valence-electron chi connectivity index (χ0n) is 7.24. The molecule has 0 fully saturated rings. The quantitative estimate of drug-likeness (QED) is 0.372. The molecule has 0 saturated heterocycles. The largest absolute Gasteiger partial charge is 0.271 e. The standard InChI is InChI=1S/C8H8Cl4N2/c1-3(14-13)4-2-5(9)7(11)8(12)6(4)10/h2-3,14H,13H2,1H3. The molecular formula is C8H8Cl4N2. The molecule has 3 N–H and O–H groups in total. The predicted molar refractivity (Wildman–Crippen MR) is 62.2 cm³/mol. The summed E-state index contributed by atoms with van der Waals surface area (Å²) in [4.78, 5) is 0. The van der Waals surface area contributed by atoms with Gasteiger partial charge in [-0.1, -0.05) is 46.4 Å². The summed E-state index contributed by atoms with van der Waals surface area (Å²) in [5.41, 5.74) is 3.27. The summed E-state index contributed by atoms with van der Waals surface area (Å²) in [6.07, 6.45) is 0. The Balaban J connectivity index is 3.33. The van der Waals surface area contributed by atoms with Crippen molar-refractivity contribution in [2.24, 2.45) is 5.84 Å². The number of benzene rings is 1. The topological polar surface area (TPSA) is 38.0 Å². The van der Waals surface area contributed by atoms with Crippen LogP contribution in [0.5, 0.6) is 0 Å². The van der Waals surface area contributed by atoms with Crippen molar-refractivity contribution in [3.8, 4) is 0 Å². The first kappa shape index (κ1) is 12.4. The minimum atomic E-state index is -0.144. The Morgan fingerprint density at radius 2 is 1.71 bits per heavy atom. The number of hydrazine groups is 1. The van der Waals surface area contributed by atoms with Crippen LogP contribution in [0.1, 0.15) is 18.5 Å². The van der Waals surface area contributed by atoms with Crippen molar-refractivity contribution < 1.29 is 0 Å². The molecule has 0 spiro atoms. The second kappa shape index (κ2) is 4.88. The van der Waals surface area contributed by atoms with Crippen LogP contribution < -0.4 is 11.3 Å². The van der Waals surface area contributed by atoms with Crippen LogP contribution in [-0.2, 0) is 0 Å². The van der Waals surface area contributed by atoms with E-state index >= 15 is 0 Å². The summed E-state index contributed by atoms with van der Waals surface area (Å²) in [5, 5.41) is 1.23. The van der Waals surface area contributed by atoms with Crippen LogP contribution in [0.15, 0.2) is 6.07 Å². The van der Waals surface area contributed by atoms with E-state index in [0.29, 0.717) is 15.6 Å². The first-order chi connectivity index (χ1) is 6.49. The van der Waals surface area contributed by atoms with Gasteiger partial charge in [0.15, 0.2) is 0 Å². The summed E-state index contributed by atoms with van der Waals surface area (Å²) in [6.45, 7) is 1.84. The molecule has 1 rings (SSSR count). The Bertz CT molecular complexity index is 354. The van der Waals surface area contributed by atoms with E-state index in [9.17, 15) is 0 Å².